The van der Waals surface area contributed by atoms with Gasteiger partial charge in [0.25, 0.3) is 0 Å². The van der Waals surface area contributed by atoms with E-state index in [0.29, 0.717) is 32.0 Å². The molecular weight excluding hydrogens is 443 g/mol. The number of amides is 1. The van der Waals surface area contributed by atoms with Crippen LogP contribution in [0.25, 0.3) is 0 Å². The number of alkyl halides is 3. The highest BCUT2D eigenvalue weighted by Gasteiger charge is 2.36. The molecule has 0 aliphatic carbocycles. The first kappa shape index (κ1) is 25.0. The van der Waals surface area contributed by atoms with Crippen LogP contribution in [0.3, 0.4) is 0 Å². The summed E-state index contributed by atoms with van der Waals surface area (Å²) in [6.07, 6.45) is -2.97. The summed E-state index contributed by atoms with van der Waals surface area (Å²) in [6, 6.07) is 3.81. The molecule has 0 atom stereocenters. The third-order valence-corrected chi connectivity index (χ3v) is 8.25. The first-order valence-corrected chi connectivity index (χ1v) is 12.5. The minimum absolute atomic E-state index is 0.0438. The maximum atomic E-state index is 13.1. The second kappa shape index (κ2) is 9.30. The fourth-order valence-corrected chi connectivity index (χ4v) is 5.91. The smallest absolute Gasteiger partial charge is 0.341 e. The van der Waals surface area contributed by atoms with Crippen molar-refractivity contribution in [2.45, 2.75) is 56.6 Å². The monoisotopic (exact) mass is 475 g/mol. The maximum Gasteiger partial charge on any atom is 0.416 e. The van der Waals surface area contributed by atoms with Crippen molar-refractivity contribution in [1.29, 1.82) is 0 Å². The minimum Gasteiger partial charge on any atom is -0.341 e. The van der Waals surface area contributed by atoms with Crippen LogP contribution in [0.2, 0.25) is 0 Å². The highest BCUT2D eigenvalue weighted by molar-refractivity contribution is 7.89. The van der Waals surface area contributed by atoms with Gasteiger partial charge in [0.2, 0.25) is 15.9 Å². The lowest BCUT2D eigenvalue weighted by atomic mass is 9.96. The van der Waals surface area contributed by atoms with E-state index in [2.05, 4.69) is 25.7 Å². The molecule has 3 rings (SSSR count). The topological polar surface area (TPSA) is 60.9 Å². The van der Waals surface area contributed by atoms with Crippen molar-refractivity contribution >= 4 is 15.9 Å². The SMILES string of the molecule is CC(C)(C)N1CCCN(C(=O)C2CCN(S(=O)(=O)c3cccc(C(F)(F)F)c3)CC2)CC1. The van der Waals surface area contributed by atoms with E-state index in [1.165, 1.54) is 10.4 Å². The predicted octanol–water partition coefficient (Wildman–Crippen LogP) is 3.44. The van der Waals surface area contributed by atoms with Crippen molar-refractivity contribution in [2.75, 3.05) is 39.3 Å². The zero-order valence-corrected chi connectivity index (χ0v) is 19.7. The fraction of sp³-hybridized carbons (Fsp3) is 0.682. The zero-order chi connectivity index (χ0) is 23.7. The fourth-order valence-electron chi connectivity index (χ4n) is 4.39. The largest absolute Gasteiger partial charge is 0.416 e. The molecule has 1 amide bonds. The van der Waals surface area contributed by atoms with E-state index in [4.69, 9.17) is 0 Å². The van der Waals surface area contributed by atoms with Gasteiger partial charge in [-0.1, -0.05) is 6.07 Å². The number of hydrogen-bond acceptors (Lipinski definition) is 4. The Kier molecular flexibility index (Phi) is 7.26. The Balaban J connectivity index is 1.62. The molecule has 2 aliphatic heterocycles. The minimum atomic E-state index is -4.61. The van der Waals surface area contributed by atoms with Crippen molar-refractivity contribution in [3.63, 3.8) is 0 Å². The summed E-state index contributed by atoms with van der Waals surface area (Å²) in [5, 5.41) is 0. The second-order valence-corrected chi connectivity index (χ2v) is 11.5. The normalized spacial score (nSPS) is 20.9. The molecule has 32 heavy (non-hydrogen) atoms. The molecule has 0 spiro atoms. The number of hydrogen-bond donors (Lipinski definition) is 0. The predicted molar refractivity (Wildman–Crippen MR) is 115 cm³/mol. The number of sulfonamides is 1. The van der Waals surface area contributed by atoms with Crippen LogP contribution in [-0.4, -0.2) is 73.2 Å². The molecule has 1 aromatic rings. The Morgan fingerprint density at radius 2 is 1.62 bits per heavy atom. The number of piperidine rings is 1. The average molecular weight is 476 g/mol. The second-order valence-electron chi connectivity index (χ2n) is 9.54. The lowest BCUT2D eigenvalue weighted by molar-refractivity contribution is -0.138. The van der Waals surface area contributed by atoms with Gasteiger partial charge in [-0.2, -0.15) is 17.5 Å². The first-order valence-electron chi connectivity index (χ1n) is 11.0. The molecule has 180 valence electrons. The van der Waals surface area contributed by atoms with E-state index in [-0.39, 0.29) is 35.3 Å². The van der Waals surface area contributed by atoms with E-state index in [1.807, 2.05) is 4.90 Å². The summed E-state index contributed by atoms with van der Waals surface area (Å²) in [7, 11) is -4.05. The summed E-state index contributed by atoms with van der Waals surface area (Å²) in [5.74, 6) is -0.207. The Hall–Kier alpha value is -1.65. The van der Waals surface area contributed by atoms with E-state index in [0.717, 1.165) is 31.6 Å². The van der Waals surface area contributed by atoms with Gasteiger partial charge in [-0.05, 0) is 58.2 Å². The Bertz CT molecular complexity index is 920. The summed E-state index contributed by atoms with van der Waals surface area (Å²) < 4.78 is 65.9. The Labute approximate surface area is 188 Å². The maximum absolute atomic E-state index is 13.1. The van der Waals surface area contributed by atoms with Crippen molar-refractivity contribution in [3.8, 4) is 0 Å². The summed E-state index contributed by atoms with van der Waals surface area (Å²) in [4.78, 5) is 16.9. The van der Waals surface area contributed by atoms with E-state index >= 15 is 0 Å². The van der Waals surface area contributed by atoms with Gasteiger partial charge in [0, 0.05) is 50.7 Å². The van der Waals surface area contributed by atoms with Gasteiger partial charge in [-0.15, -0.1) is 0 Å². The van der Waals surface area contributed by atoms with Crippen LogP contribution in [0.4, 0.5) is 13.2 Å². The summed E-state index contributed by atoms with van der Waals surface area (Å²) in [5.41, 5.74) is -0.948. The van der Waals surface area contributed by atoms with Crippen LogP contribution in [0, 0.1) is 5.92 Å². The van der Waals surface area contributed by atoms with Crippen molar-refractivity contribution < 1.29 is 26.4 Å². The van der Waals surface area contributed by atoms with Crippen LogP contribution in [0.1, 0.15) is 45.6 Å². The molecular formula is C22H32F3N3O3S. The highest BCUT2D eigenvalue weighted by Crippen LogP contribution is 2.32. The molecule has 1 aromatic carbocycles. The Morgan fingerprint density at radius 3 is 2.22 bits per heavy atom. The number of nitrogens with zero attached hydrogens (tertiary/aromatic N) is 3. The lowest BCUT2D eigenvalue weighted by Gasteiger charge is -2.35. The van der Waals surface area contributed by atoms with Gasteiger partial charge in [-0.3, -0.25) is 9.69 Å². The molecule has 0 unspecified atom stereocenters. The van der Waals surface area contributed by atoms with Gasteiger partial charge in [-0.25, -0.2) is 8.42 Å². The third-order valence-electron chi connectivity index (χ3n) is 6.36. The van der Waals surface area contributed by atoms with E-state index in [9.17, 15) is 26.4 Å². The van der Waals surface area contributed by atoms with Gasteiger partial charge < -0.3 is 4.90 Å². The zero-order valence-electron chi connectivity index (χ0n) is 18.9. The molecule has 2 aliphatic rings. The van der Waals surface area contributed by atoms with E-state index in [1.54, 1.807) is 0 Å². The van der Waals surface area contributed by atoms with Gasteiger partial charge in [0.1, 0.15) is 0 Å². The molecule has 0 aromatic heterocycles. The number of halogens is 3. The molecule has 2 heterocycles. The van der Waals surface area contributed by atoms with Crippen molar-refractivity contribution in [2.24, 2.45) is 5.92 Å². The molecule has 2 fully saturated rings. The molecule has 2 saturated heterocycles. The molecule has 0 bridgehead atoms. The third kappa shape index (κ3) is 5.63. The molecule has 6 nitrogen and oxygen atoms in total. The first-order chi connectivity index (χ1) is 14.8. The molecule has 0 N–H and O–H groups in total. The van der Waals surface area contributed by atoms with E-state index < -0.39 is 21.8 Å². The number of carbonyl (C=O) groups is 1. The van der Waals surface area contributed by atoms with Crippen LogP contribution in [0.15, 0.2) is 29.2 Å². The number of carbonyl (C=O) groups excluding carboxylic acids is 1. The molecule has 10 heteroatoms. The van der Waals surface area contributed by atoms with Gasteiger partial charge in [0.15, 0.2) is 0 Å². The number of rotatable bonds is 3. The quantitative estimate of drug-likeness (QED) is 0.672. The van der Waals surface area contributed by atoms with Crippen LogP contribution >= 0.6 is 0 Å². The van der Waals surface area contributed by atoms with Crippen molar-refractivity contribution in [3.05, 3.63) is 29.8 Å². The summed E-state index contributed by atoms with van der Waals surface area (Å²) >= 11 is 0. The van der Waals surface area contributed by atoms with Crippen LogP contribution < -0.4 is 0 Å². The van der Waals surface area contributed by atoms with Gasteiger partial charge >= 0.3 is 6.18 Å². The summed E-state index contributed by atoms with van der Waals surface area (Å²) in [6.45, 7) is 9.79. The van der Waals surface area contributed by atoms with Crippen LogP contribution in [-0.2, 0) is 21.0 Å². The average Bonchev–Trinajstić information content (AvgIpc) is 2.99. The molecule has 0 saturated carbocycles. The Morgan fingerprint density at radius 1 is 0.969 bits per heavy atom. The lowest BCUT2D eigenvalue weighted by Crippen LogP contribution is -2.46. The van der Waals surface area contributed by atoms with Crippen molar-refractivity contribution in [1.82, 2.24) is 14.1 Å². The standard InChI is InChI=1S/C22H32F3N3O3S/c1-21(2,3)27-11-5-10-26(14-15-27)20(29)17-8-12-28(13-9-17)32(30,31)19-7-4-6-18(16-19)22(23,24)25/h4,6-7,16-17H,5,8-15H2,1-3H3. The van der Waals surface area contributed by atoms with Gasteiger partial charge in [0.05, 0.1) is 10.5 Å². The van der Waals surface area contributed by atoms with Crippen LogP contribution in [0.5, 0.6) is 0 Å². The number of benzene rings is 1. The highest BCUT2D eigenvalue weighted by atomic mass is 32.2. The molecule has 0 radical (unpaired) electrons.